The molecule has 1 aromatic carbocycles. The predicted octanol–water partition coefficient (Wildman–Crippen LogP) is 0.971. The summed E-state index contributed by atoms with van der Waals surface area (Å²) in [5.74, 6) is -0.753. The third-order valence-electron chi connectivity index (χ3n) is 5.38. The van der Waals surface area contributed by atoms with Gasteiger partial charge in [-0.05, 0) is 25.0 Å². The molecule has 30 heavy (non-hydrogen) atoms. The van der Waals surface area contributed by atoms with E-state index in [-0.39, 0.29) is 18.4 Å². The number of para-hydroxylation sites is 2. The number of hydrogen-bond donors (Lipinski definition) is 0. The number of likely N-dealkylation sites (N-methyl/N-ethyl adjacent to an activating group) is 1. The van der Waals surface area contributed by atoms with Crippen LogP contribution >= 0.6 is 0 Å². The van der Waals surface area contributed by atoms with Crippen molar-refractivity contribution in [3.8, 4) is 0 Å². The molecule has 4 amide bonds. The molecule has 4 rings (SSSR count). The number of amides is 4. The normalized spacial score (nSPS) is 17.8. The van der Waals surface area contributed by atoms with Gasteiger partial charge in [-0.15, -0.1) is 0 Å². The van der Waals surface area contributed by atoms with E-state index in [9.17, 15) is 19.2 Å². The van der Waals surface area contributed by atoms with Crippen molar-refractivity contribution >= 4 is 34.9 Å². The van der Waals surface area contributed by atoms with Crippen LogP contribution in [0.2, 0.25) is 0 Å². The molecule has 0 bridgehead atoms. The van der Waals surface area contributed by atoms with Crippen LogP contribution < -0.4 is 0 Å². The molecule has 0 spiro atoms. The summed E-state index contributed by atoms with van der Waals surface area (Å²) in [5.41, 5.74) is 1.57. The second kappa shape index (κ2) is 8.13. The highest BCUT2D eigenvalue weighted by Gasteiger charge is 2.35. The van der Waals surface area contributed by atoms with Crippen LogP contribution in [0, 0.1) is 0 Å². The fourth-order valence-electron chi connectivity index (χ4n) is 3.67. The number of esters is 1. The van der Waals surface area contributed by atoms with Crippen molar-refractivity contribution in [3.63, 3.8) is 0 Å². The Bertz CT molecular complexity index is 961. The summed E-state index contributed by atoms with van der Waals surface area (Å²) >= 11 is 0. The van der Waals surface area contributed by atoms with Crippen molar-refractivity contribution in [2.24, 2.45) is 0 Å². The minimum atomic E-state index is -0.790. The molecule has 0 atom stereocenters. The van der Waals surface area contributed by atoms with Gasteiger partial charge in [0.15, 0.2) is 18.1 Å². The van der Waals surface area contributed by atoms with E-state index in [0.717, 1.165) is 16.0 Å². The predicted molar refractivity (Wildman–Crippen MR) is 103 cm³/mol. The van der Waals surface area contributed by atoms with Gasteiger partial charge in [0.25, 0.3) is 11.8 Å². The van der Waals surface area contributed by atoms with E-state index in [1.54, 1.807) is 4.90 Å². The summed E-state index contributed by atoms with van der Waals surface area (Å²) in [7, 11) is 1.47. The van der Waals surface area contributed by atoms with Gasteiger partial charge in [0, 0.05) is 26.1 Å². The quantitative estimate of drug-likeness (QED) is 0.529. The van der Waals surface area contributed by atoms with Gasteiger partial charge in [0.1, 0.15) is 18.6 Å². The van der Waals surface area contributed by atoms with Crippen molar-refractivity contribution in [1.29, 1.82) is 0 Å². The molecule has 10 heteroatoms. The maximum absolute atomic E-state index is 12.4. The summed E-state index contributed by atoms with van der Waals surface area (Å²) in [4.78, 5) is 55.9. The Balaban J connectivity index is 1.24. The van der Waals surface area contributed by atoms with Crippen LogP contribution in [-0.4, -0.2) is 83.3 Å². The van der Waals surface area contributed by atoms with E-state index in [4.69, 9.17) is 9.15 Å². The largest absolute Gasteiger partial charge is 0.454 e. The van der Waals surface area contributed by atoms with Crippen LogP contribution in [0.1, 0.15) is 24.7 Å². The second-order valence-electron chi connectivity index (χ2n) is 7.45. The number of imide groups is 1. The van der Waals surface area contributed by atoms with E-state index in [1.807, 2.05) is 24.3 Å². The van der Waals surface area contributed by atoms with Crippen molar-refractivity contribution in [1.82, 2.24) is 19.7 Å². The molecule has 0 N–H and O–H groups in total. The number of carbonyl (C=O) groups is 4. The number of benzene rings is 1. The van der Waals surface area contributed by atoms with Gasteiger partial charge in [-0.25, -0.2) is 9.78 Å². The lowest BCUT2D eigenvalue weighted by molar-refractivity contribution is -0.153. The van der Waals surface area contributed by atoms with Gasteiger partial charge in [-0.1, -0.05) is 12.1 Å². The maximum atomic E-state index is 12.4. The van der Waals surface area contributed by atoms with Gasteiger partial charge in [-0.3, -0.25) is 19.3 Å². The molecule has 0 aliphatic carbocycles. The van der Waals surface area contributed by atoms with Gasteiger partial charge >= 0.3 is 12.0 Å². The number of carbonyl (C=O) groups excluding carboxylic acids is 4. The fraction of sp³-hybridized carbons (Fsp3) is 0.450. The van der Waals surface area contributed by atoms with Crippen LogP contribution in [0.4, 0.5) is 4.79 Å². The molecule has 2 aliphatic heterocycles. The Morgan fingerprint density at radius 2 is 1.93 bits per heavy atom. The SMILES string of the molecule is CN1CC(=O)N(CC(=O)OCC(=O)N2CCC(c3nc4ccccc4o3)CC2)C1=O. The van der Waals surface area contributed by atoms with Crippen LogP contribution in [0.15, 0.2) is 28.7 Å². The molecular formula is C20H22N4O6. The lowest BCUT2D eigenvalue weighted by atomic mass is 9.97. The highest BCUT2D eigenvalue weighted by Crippen LogP contribution is 2.29. The van der Waals surface area contributed by atoms with Gasteiger partial charge in [0.2, 0.25) is 0 Å². The second-order valence-corrected chi connectivity index (χ2v) is 7.45. The number of ether oxygens (including phenoxy) is 1. The highest BCUT2D eigenvalue weighted by molar-refractivity contribution is 6.04. The van der Waals surface area contributed by atoms with Gasteiger partial charge in [0.05, 0.1) is 0 Å². The zero-order valence-electron chi connectivity index (χ0n) is 16.6. The summed E-state index contributed by atoms with van der Waals surface area (Å²) < 4.78 is 10.8. The molecule has 10 nitrogen and oxygen atoms in total. The molecule has 2 aromatic rings. The van der Waals surface area contributed by atoms with E-state index < -0.39 is 31.1 Å². The van der Waals surface area contributed by atoms with Gasteiger partial charge in [-0.2, -0.15) is 0 Å². The monoisotopic (exact) mass is 414 g/mol. The van der Waals surface area contributed by atoms with Crippen molar-refractivity contribution in [2.45, 2.75) is 18.8 Å². The number of nitrogens with zero attached hydrogens (tertiary/aromatic N) is 4. The Labute approximate surface area is 172 Å². The minimum Gasteiger partial charge on any atom is -0.454 e. The Hall–Kier alpha value is -3.43. The van der Waals surface area contributed by atoms with Crippen molar-refractivity contribution in [2.75, 3.05) is 39.8 Å². The fourth-order valence-corrected chi connectivity index (χ4v) is 3.67. The lowest BCUT2D eigenvalue weighted by Gasteiger charge is -2.30. The molecule has 0 unspecified atom stereocenters. The van der Waals surface area contributed by atoms with E-state index in [1.165, 1.54) is 11.9 Å². The number of rotatable bonds is 5. The van der Waals surface area contributed by atoms with E-state index >= 15 is 0 Å². The molecule has 2 saturated heterocycles. The smallest absolute Gasteiger partial charge is 0.327 e. The molecule has 158 valence electrons. The molecule has 1 aromatic heterocycles. The molecule has 2 aliphatic rings. The number of piperidine rings is 1. The number of aromatic nitrogens is 1. The van der Waals surface area contributed by atoms with E-state index in [2.05, 4.69) is 4.98 Å². The van der Waals surface area contributed by atoms with Crippen LogP contribution in [-0.2, 0) is 19.1 Å². The van der Waals surface area contributed by atoms with Gasteiger partial charge < -0.3 is 19.0 Å². The topological polar surface area (TPSA) is 113 Å². The highest BCUT2D eigenvalue weighted by atomic mass is 16.5. The molecule has 3 heterocycles. The first-order valence-corrected chi connectivity index (χ1v) is 9.76. The van der Waals surface area contributed by atoms with Crippen LogP contribution in [0.25, 0.3) is 11.1 Å². The summed E-state index contributed by atoms with van der Waals surface area (Å²) in [6.45, 7) is 0.0366. The third kappa shape index (κ3) is 3.98. The Kier molecular flexibility index (Phi) is 5.39. The molecule has 0 radical (unpaired) electrons. The Morgan fingerprint density at radius 3 is 2.60 bits per heavy atom. The van der Waals surface area contributed by atoms with Crippen LogP contribution in [0.5, 0.6) is 0 Å². The molecule has 0 saturated carbocycles. The van der Waals surface area contributed by atoms with E-state index in [0.29, 0.717) is 31.8 Å². The zero-order valence-corrected chi connectivity index (χ0v) is 16.6. The van der Waals surface area contributed by atoms with Crippen LogP contribution in [0.3, 0.4) is 0 Å². The Morgan fingerprint density at radius 1 is 1.20 bits per heavy atom. The number of oxazole rings is 1. The average Bonchev–Trinajstić information content (AvgIpc) is 3.28. The van der Waals surface area contributed by atoms with Crippen molar-refractivity contribution in [3.05, 3.63) is 30.2 Å². The third-order valence-corrected chi connectivity index (χ3v) is 5.38. The lowest BCUT2D eigenvalue weighted by Crippen LogP contribution is -2.41. The standard InChI is InChI=1S/C20H22N4O6/c1-22-10-16(25)24(20(22)28)11-18(27)29-12-17(26)23-8-6-13(7-9-23)19-21-14-4-2-3-5-15(14)30-19/h2-5,13H,6-12H2,1H3. The summed E-state index contributed by atoms with van der Waals surface area (Å²) in [6, 6.07) is 7.03. The number of fused-ring (bicyclic) bond motifs is 1. The van der Waals surface area contributed by atoms with Crippen molar-refractivity contribution < 1.29 is 28.3 Å². The number of urea groups is 1. The first-order chi connectivity index (χ1) is 14.4. The zero-order chi connectivity index (χ0) is 21.3. The number of hydrogen-bond acceptors (Lipinski definition) is 7. The average molecular weight is 414 g/mol. The maximum Gasteiger partial charge on any atom is 0.327 e. The molecule has 2 fully saturated rings. The first-order valence-electron chi connectivity index (χ1n) is 9.76. The number of likely N-dealkylation sites (tertiary alicyclic amines) is 1. The minimum absolute atomic E-state index is 0.0694. The summed E-state index contributed by atoms with van der Waals surface area (Å²) in [5, 5.41) is 0. The summed E-state index contributed by atoms with van der Waals surface area (Å²) in [6.07, 6.45) is 1.41. The first kappa shape index (κ1) is 19.9. The molecular weight excluding hydrogens is 392 g/mol.